The molecular weight excluding hydrogens is 448 g/mol. The average Bonchev–Trinajstić information content (AvgIpc) is 3.49. The van der Waals surface area contributed by atoms with Crippen molar-refractivity contribution < 1.29 is 14.0 Å². The van der Waals surface area contributed by atoms with Crippen LogP contribution in [0.1, 0.15) is 17.9 Å². The number of amides is 2. The number of nitriles is 1. The predicted molar refractivity (Wildman–Crippen MR) is 123 cm³/mol. The summed E-state index contributed by atoms with van der Waals surface area (Å²) in [5, 5.41) is 12.3. The van der Waals surface area contributed by atoms with Gasteiger partial charge in [-0.15, -0.1) is 11.8 Å². The van der Waals surface area contributed by atoms with Gasteiger partial charge in [-0.25, -0.2) is 4.98 Å². The monoisotopic (exact) mass is 466 g/mol. The molecule has 0 aliphatic carbocycles. The number of carbonyl (C=O) groups excluding carboxylic acids is 2. The van der Waals surface area contributed by atoms with Crippen LogP contribution in [0.25, 0.3) is 11.3 Å². The van der Waals surface area contributed by atoms with Crippen LogP contribution in [0.3, 0.4) is 0 Å². The van der Waals surface area contributed by atoms with Gasteiger partial charge in [-0.2, -0.15) is 5.26 Å². The van der Waals surface area contributed by atoms with E-state index >= 15 is 0 Å². The van der Waals surface area contributed by atoms with Crippen molar-refractivity contribution in [3.05, 3.63) is 71.2 Å². The average molecular weight is 467 g/mol. The molecule has 162 valence electrons. The van der Waals surface area contributed by atoms with Crippen molar-refractivity contribution in [1.29, 1.82) is 5.26 Å². The molecule has 0 saturated carbocycles. The van der Waals surface area contributed by atoms with E-state index in [1.54, 1.807) is 47.5 Å². The second-order valence-electron chi connectivity index (χ2n) is 7.18. The quantitative estimate of drug-likeness (QED) is 0.580. The Morgan fingerprint density at radius 3 is 2.69 bits per heavy atom. The van der Waals surface area contributed by atoms with Crippen LogP contribution in [-0.2, 0) is 16.0 Å². The van der Waals surface area contributed by atoms with Crippen molar-refractivity contribution in [2.24, 2.45) is 0 Å². The van der Waals surface area contributed by atoms with E-state index < -0.39 is 6.04 Å². The highest BCUT2D eigenvalue weighted by molar-refractivity contribution is 7.99. The lowest BCUT2D eigenvalue weighted by Crippen LogP contribution is -2.44. The Kier molecular flexibility index (Phi) is 6.78. The van der Waals surface area contributed by atoms with Gasteiger partial charge < -0.3 is 14.6 Å². The largest absolute Gasteiger partial charge is 0.441 e. The van der Waals surface area contributed by atoms with Crippen molar-refractivity contribution in [1.82, 2.24) is 9.88 Å². The number of aryl methyl sites for hydroxylation is 1. The molecule has 1 aliphatic heterocycles. The molecule has 0 radical (unpaired) electrons. The molecule has 4 rings (SSSR count). The Bertz CT molecular complexity index is 1160. The molecule has 1 fully saturated rings. The van der Waals surface area contributed by atoms with Crippen LogP contribution >= 0.6 is 23.4 Å². The third kappa shape index (κ3) is 5.13. The van der Waals surface area contributed by atoms with E-state index in [0.717, 1.165) is 5.56 Å². The van der Waals surface area contributed by atoms with Gasteiger partial charge in [0, 0.05) is 34.9 Å². The molecule has 0 bridgehead atoms. The number of rotatable bonds is 6. The van der Waals surface area contributed by atoms with E-state index in [1.807, 2.05) is 18.2 Å². The SMILES string of the molecule is N#Cc1ccc(NC(=O)C2CSCN2C(=O)CCc2ncc(-c3ccc(Cl)cc3)o2)cc1. The number of nitrogens with zero attached hydrogens (tertiary/aromatic N) is 3. The van der Waals surface area contributed by atoms with E-state index in [9.17, 15) is 9.59 Å². The lowest BCUT2D eigenvalue weighted by atomic mass is 10.2. The first-order valence-electron chi connectivity index (χ1n) is 9.92. The van der Waals surface area contributed by atoms with Gasteiger partial charge >= 0.3 is 0 Å². The van der Waals surface area contributed by atoms with Gasteiger partial charge in [0.25, 0.3) is 0 Å². The second kappa shape index (κ2) is 9.90. The number of carbonyl (C=O) groups is 2. The Hall–Kier alpha value is -3.28. The molecule has 2 amide bonds. The lowest BCUT2D eigenvalue weighted by molar-refractivity contribution is -0.136. The van der Waals surface area contributed by atoms with Crippen molar-refractivity contribution in [3.8, 4) is 17.4 Å². The zero-order valence-electron chi connectivity index (χ0n) is 17.0. The zero-order valence-corrected chi connectivity index (χ0v) is 18.5. The summed E-state index contributed by atoms with van der Waals surface area (Å²) in [7, 11) is 0. The minimum atomic E-state index is -0.544. The molecule has 2 heterocycles. The smallest absolute Gasteiger partial charge is 0.248 e. The summed E-state index contributed by atoms with van der Waals surface area (Å²) in [5.74, 6) is 1.71. The summed E-state index contributed by atoms with van der Waals surface area (Å²) in [6.45, 7) is 0. The summed E-state index contributed by atoms with van der Waals surface area (Å²) < 4.78 is 5.76. The minimum absolute atomic E-state index is 0.124. The molecule has 1 saturated heterocycles. The van der Waals surface area contributed by atoms with Gasteiger partial charge in [-0.1, -0.05) is 11.6 Å². The van der Waals surface area contributed by atoms with Crippen LogP contribution in [0.4, 0.5) is 5.69 Å². The fourth-order valence-electron chi connectivity index (χ4n) is 3.29. The van der Waals surface area contributed by atoms with E-state index in [1.165, 1.54) is 11.8 Å². The van der Waals surface area contributed by atoms with Crippen molar-refractivity contribution in [3.63, 3.8) is 0 Å². The Labute approximate surface area is 194 Å². The van der Waals surface area contributed by atoms with Crippen LogP contribution in [0.5, 0.6) is 0 Å². The van der Waals surface area contributed by atoms with E-state index in [2.05, 4.69) is 10.3 Å². The topological polar surface area (TPSA) is 99.2 Å². The molecule has 0 spiro atoms. The summed E-state index contributed by atoms with van der Waals surface area (Å²) in [6, 6.07) is 15.3. The maximum atomic E-state index is 12.8. The first kappa shape index (κ1) is 21.9. The normalized spacial score (nSPS) is 15.4. The summed E-state index contributed by atoms with van der Waals surface area (Å²) in [5.41, 5.74) is 1.96. The van der Waals surface area contributed by atoms with Gasteiger partial charge in [0.2, 0.25) is 11.8 Å². The molecule has 7 nitrogen and oxygen atoms in total. The number of oxazole rings is 1. The van der Waals surface area contributed by atoms with E-state index in [4.69, 9.17) is 21.3 Å². The lowest BCUT2D eigenvalue weighted by Gasteiger charge is -2.23. The number of thioether (sulfide) groups is 1. The highest BCUT2D eigenvalue weighted by atomic mass is 35.5. The Balaban J connectivity index is 1.34. The molecule has 1 atom stereocenters. The molecule has 1 aromatic heterocycles. The first-order chi connectivity index (χ1) is 15.5. The number of halogens is 1. The third-order valence-electron chi connectivity index (χ3n) is 5.02. The molecule has 1 N–H and O–H groups in total. The molecule has 32 heavy (non-hydrogen) atoms. The van der Waals surface area contributed by atoms with Gasteiger partial charge in [-0.05, 0) is 48.5 Å². The van der Waals surface area contributed by atoms with Gasteiger partial charge in [0.15, 0.2) is 11.7 Å². The fraction of sp³-hybridized carbons (Fsp3) is 0.217. The molecule has 1 aliphatic rings. The summed E-state index contributed by atoms with van der Waals surface area (Å²) in [4.78, 5) is 31.4. The molecule has 3 aromatic rings. The Morgan fingerprint density at radius 2 is 1.97 bits per heavy atom. The number of nitrogens with one attached hydrogen (secondary N) is 1. The van der Waals surface area contributed by atoms with Gasteiger partial charge in [-0.3, -0.25) is 9.59 Å². The van der Waals surface area contributed by atoms with E-state index in [-0.39, 0.29) is 18.2 Å². The predicted octanol–water partition coefficient (Wildman–Crippen LogP) is 4.34. The number of benzene rings is 2. The molecule has 9 heteroatoms. The summed E-state index contributed by atoms with van der Waals surface area (Å²) in [6.07, 6.45) is 2.17. The molecule has 1 unspecified atom stereocenters. The second-order valence-corrected chi connectivity index (χ2v) is 8.62. The van der Waals surface area contributed by atoms with Crippen LogP contribution in [0, 0.1) is 11.3 Å². The van der Waals surface area contributed by atoms with Crippen LogP contribution in [0.2, 0.25) is 5.02 Å². The zero-order chi connectivity index (χ0) is 22.5. The van der Waals surface area contributed by atoms with Gasteiger partial charge in [0.05, 0.1) is 23.7 Å². The Morgan fingerprint density at radius 1 is 1.22 bits per heavy atom. The first-order valence-corrected chi connectivity index (χ1v) is 11.5. The van der Waals surface area contributed by atoms with Crippen LogP contribution in [0.15, 0.2) is 59.1 Å². The summed E-state index contributed by atoms with van der Waals surface area (Å²) >= 11 is 7.45. The highest BCUT2D eigenvalue weighted by Crippen LogP contribution is 2.25. The van der Waals surface area contributed by atoms with Crippen LogP contribution in [-0.4, -0.2) is 39.4 Å². The maximum absolute atomic E-state index is 12.8. The fourth-order valence-corrected chi connectivity index (χ4v) is 4.60. The molecule has 2 aromatic carbocycles. The van der Waals surface area contributed by atoms with Crippen molar-refractivity contribution in [2.45, 2.75) is 18.9 Å². The van der Waals surface area contributed by atoms with Crippen molar-refractivity contribution >= 4 is 40.9 Å². The molecular formula is C23H19ClN4O3S. The number of hydrogen-bond acceptors (Lipinski definition) is 6. The minimum Gasteiger partial charge on any atom is -0.441 e. The maximum Gasteiger partial charge on any atom is 0.248 e. The van der Waals surface area contributed by atoms with Gasteiger partial charge in [0.1, 0.15) is 6.04 Å². The third-order valence-corrected chi connectivity index (χ3v) is 6.29. The van der Waals surface area contributed by atoms with E-state index in [0.29, 0.717) is 46.0 Å². The van der Waals surface area contributed by atoms with Crippen molar-refractivity contribution in [2.75, 3.05) is 16.9 Å². The highest BCUT2D eigenvalue weighted by Gasteiger charge is 2.34. The number of hydrogen-bond donors (Lipinski definition) is 1. The standard InChI is InChI=1S/C23H19ClN4O3S/c24-17-5-3-16(4-6-17)20-12-26-21(31-20)9-10-22(29)28-14-32-13-19(28)23(30)27-18-7-1-15(11-25)2-8-18/h1-8,12,19H,9-10,13-14H2,(H,27,30). The number of aromatic nitrogens is 1. The van der Waals surface area contributed by atoms with Crippen LogP contribution < -0.4 is 5.32 Å². The number of anilines is 1.